The fourth-order valence-electron chi connectivity index (χ4n) is 4.04. The van der Waals surface area contributed by atoms with Gasteiger partial charge in [0, 0.05) is 11.3 Å². The second-order valence-electron chi connectivity index (χ2n) is 8.64. The van der Waals surface area contributed by atoms with Crippen molar-refractivity contribution in [1.82, 2.24) is 4.90 Å². The van der Waals surface area contributed by atoms with Crippen molar-refractivity contribution in [2.45, 2.75) is 13.5 Å². The summed E-state index contributed by atoms with van der Waals surface area (Å²) in [6, 6.07) is 29.0. The lowest BCUT2D eigenvalue weighted by Crippen LogP contribution is -2.36. The van der Waals surface area contributed by atoms with Gasteiger partial charge in [-0.1, -0.05) is 72.8 Å². The Hall–Kier alpha value is -4.36. The van der Waals surface area contributed by atoms with Crippen LogP contribution in [0.1, 0.15) is 16.7 Å². The molecule has 0 saturated carbocycles. The van der Waals surface area contributed by atoms with Gasteiger partial charge in [0.15, 0.2) is 0 Å². The lowest BCUT2D eigenvalue weighted by Gasteiger charge is -2.13. The molecule has 7 heteroatoms. The third-order valence-electron chi connectivity index (χ3n) is 6.01. The molecule has 5 rings (SSSR count). The van der Waals surface area contributed by atoms with E-state index >= 15 is 0 Å². The minimum absolute atomic E-state index is 0.246. The number of imide groups is 1. The van der Waals surface area contributed by atoms with Crippen molar-refractivity contribution < 1.29 is 19.1 Å². The van der Waals surface area contributed by atoms with Crippen LogP contribution in [-0.2, 0) is 16.2 Å². The SMILES string of the molecule is Cc1ccccc1NC(=O)CN1C(=O)S/C(=C\c2ccccc2OCc2ccc3ccccc3c2)C1=O. The number of nitrogens with one attached hydrogen (secondary N) is 1. The van der Waals surface area contributed by atoms with Gasteiger partial charge in [-0.2, -0.15) is 0 Å². The number of amides is 3. The summed E-state index contributed by atoms with van der Waals surface area (Å²) >= 11 is 0.816. The minimum Gasteiger partial charge on any atom is -0.488 e. The molecule has 0 aromatic heterocycles. The number of rotatable bonds is 7. The molecule has 1 N–H and O–H groups in total. The predicted molar refractivity (Wildman–Crippen MR) is 147 cm³/mol. The first-order valence-corrected chi connectivity index (χ1v) is 12.6. The number of benzene rings is 4. The summed E-state index contributed by atoms with van der Waals surface area (Å²) < 4.78 is 6.09. The molecule has 1 saturated heterocycles. The topological polar surface area (TPSA) is 75.7 Å². The number of hydrogen-bond acceptors (Lipinski definition) is 5. The standard InChI is InChI=1S/C30H24N2O4S/c1-20-8-2-6-12-25(20)31-28(33)18-32-29(34)27(37-30(32)35)17-24-11-5-7-13-26(24)36-19-21-14-15-22-9-3-4-10-23(22)16-21/h2-17H,18-19H2,1H3,(H,31,33)/b27-17-. The van der Waals surface area contributed by atoms with Crippen LogP contribution in [0.3, 0.4) is 0 Å². The monoisotopic (exact) mass is 508 g/mol. The molecular weight excluding hydrogens is 484 g/mol. The number of nitrogens with zero attached hydrogens (tertiary/aromatic N) is 1. The lowest BCUT2D eigenvalue weighted by atomic mass is 10.1. The highest BCUT2D eigenvalue weighted by molar-refractivity contribution is 8.18. The molecule has 0 bridgehead atoms. The highest BCUT2D eigenvalue weighted by Crippen LogP contribution is 2.34. The van der Waals surface area contributed by atoms with Crippen LogP contribution >= 0.6 is 11.8 Å². The van der Waals surface area contributed by atoms with Gasteiger partial charge >= 0.3 is 0 Å². The summed E-state index contributed by atoms with van der Waals surface area (Å²) in [4.78, 5) is 39.3. The number of hydrogen-bond donors (Lipinski definition) is 1. The van der Waals surface area contributed by atoms with Crippen LogP contribution in [0.2, 0.25) is 0 Å². The van der Waals surface area contributed by atoms with Crippen molar-refractivity contribution in [3.63, 3.8) is 0 Å². The van der Waals surface area contributed by atoms with E-state index in [0.29, 0.717) is 23.6 Å². The zero-order valence-corrected chi connectivity index (χ0v) is 21.0. The van der Waals surface area contributed by atoms with Crippen LogP contribution in [0, 0.1) is 6.92 Å². The van der Waals surface area contributed by atoms with Gasteiger partial charge < -0.3 is 10.1 Å². The Bertz CT molecular complexity index is 1550. The van der Waals surface area contributed by atoms with E-state index in [1.54, 1.807) is 12.1 Å². The zero-order chi connectivity index (χ0) is 25.8. The molecule has 4 aromatic carbocycles. The first-order chi connectivity index (χ1) is 18.0. The van der Waals surface area contributed by atoms with Crippen molar-refractivity contribution >= 4 is 51.4 Å². The van der Waals surface area contributed by atoms with Gasteiger partial charge in [0.1, 0.15) is 18.9 Å². The number of anilines is 1. The maximum atomic E-state index is 13.0. The molecule has 1 fully saturated rings. The number of para-hydroxylation sites is 2. The second-order valence-corrected chi connectivity index (χ2v) is 9.63. The fourth-order valence-corrected chi connectivity index (χ4v) is 4.87. The number of ether oxygens (including phenoxy) is 1. The molecule has 0 unspecified atom stereocenters. The maximum Gasteiger partial charge on any atom is 0.294 e. The van der Waals surface area contributed by atoms with Gasteiger partial charge in [-0.25, -0.2) is 0 Å². The van der Waals surface area contributed by atoms with Gasteiger partial charge in [0.05, 0.1) is 4.91 Å². The molecule has 37 heavy (non-hydrogen) atoms. The molecule has 1 heterocycles. The van der Waals surface area contributed by atoms with E-state index in [9.17, 15) is 14.4 Å². The summed E-state index contributed by atoms with van der Waals surface area (Å²) in [6.07, 6.45) is 1.64. The van der Waals surface area contributed by atoms with E-state index in [-0.39, 0.29) is 11.4 Å². The maximum absolute atomic E-state index is 13.0. The van der Waals surface area contributed by atoms with E-state index < -0.39 is 17.1 Å². The lowest BCUT2D eigenvalue weighted by molar-refractivity contribution is -0.127. The molecule has 184 valence electrons. The Labute approximate surface area is 218 Å². The molecule has 0 aliphatic carbocycles. The van der Waals surface area contributed by atoms with Gasteiger partial charge in [-0.05, 0) is 64.9 Å². The Balaban J connectivity index is 1.28. The molecule has 1 aliphatic rings. The van der Waals surface area contributed by atoms with E-state index in [1.807, 2.05) is 67.6 Å². The minimum atomic E-state index is -0.501. The van der Waals surface area contributed by atoms with Crippen molar-refractivity contribution in [2.24, 2.45) is 0 Å². The number of thioether (sulfide) groups is 1. The average Bonchev–Trinajstić information content (AvgIpc) is 3.16. The summed E-state index contributed by atoms with van der Waals surface area (Å²) in [5.41, 5.74) is 3.24. The highest BCUT2D eigenvalue weighted by atomic mass is 32.2. The summed E-state index contributed by atoms with van der Waals surface area (Å²) in [7, 11) is 0. The second kappa shape index (κ2) is 10.7. The Kier molecular flexibility index (Phi) is 7.05. The van der Waals surface area contributed by atoms with E-state index in [4.69, 9.17) is 4.74 Å². The van der Waals surface area contributed by atoms with Gasteiger partial charge in [0.2, 0.25) is 5.91 Å². The largest absolute Gasteiger partial charge is 0.488 e. The van der Waals surface area contributed by atoms with Crippen molar-refractivity contribution in [3.05, 3.63) is 113 Å². The molecule has 1 aliphatic heterocycles. The van der Waals surface area contributed by atoms with E-state index in [0.717, 1.165) is 38.6 Å². The summed E-state index contributed by atoms with van der Waals surface area (Å²) in [5, 5.41) is 4.58. The van der Waals surface area contributed by atoms with Crippen LogP contribution in [0.25, 0.3) is 16.8 Å². The normalized spacial score (nSPS) is 14.4. The van der Waals surface area contributed by atoms with Gasteiger partial charge in [-0.3, -0.25) is 19.3 Å². The number of aryl methyl sites for hydroxylation is 1. The van der Waals surface area contributed by atoms with E-state index in [2.05, 4.69) is 29.6 Å². The Morgan fingerprint density at radius 2 is 1.65 bits per heavy atom. The summed E-state index contributed by atoms with van der Waals surface area (Å²) in [6.45, 7) is 1.88. The number of carbonyl (C=O) groups is 3. The fraction of sp³-hybridized carbons (Fsp3) is 0.100. The first-order valence-electron chi connectivity index (χ1n) is 11.8. The highest BCUT2D eigenvalue weighted by Gasteiger charge is 2.36. The molecule has 3 amide bonds. The molecule has 0 spiro atoms. The molecule has 6 nitrogen and oxygen atoms in total. The quantitative estimate of drug-likeness (QED) is 0.292. The first kappa shape index (κ1) is 24.3. The van der Waals surface area contributed by atoms with Crippen LogP contribution in [0.5, 0.6) is 5.75 Å². The smallest absolute Gasteiger partial charge is 0.294 e. The van der Waals surface area contributed by atoms with E-state index in [1.165, 1.54) is 0 Å². The third kappa shape index (κ3) is 5.57. The van der Waals surface area contributed by atoms with Crippen LogP contribution in [-0.4, -0.2) is 28.5 Å². The van der Waals surface area contributed by atoms with Crippen molar-refractivity contribution in [1.29, 1.82) is 0 Å². The number of carbonyl (C=O) groups excluding carboxylic acids is 3. The van der Waals surface area contributed by atoms with Crippen LogP contribution < -0.4 is 10.1 Å². The van der Waals surface area contributed by atoms with Crippen LogP contribution in [0.15, 0.2) is 95.9 Å². The van der Waals surface area contributed by atoms with Crippen molar-refractivity contribution in [2.75, 3.05) is 11.9 Å². The Morgan fingerprint density at radius 1 is 0.919 bits per heavy atom. The molecular formula is C30H24N2O4S. The zero-order valence-electron chi connectivity index (χ0n) is 20.1. The van der Waals surface area contributed by atoms with Crippen molar-refractivity contribution in [3.8, 4) is 5.75 Å². The predicted octanol–water partition coefficient (Wildman–Crippen LogP) is 6.40. The third-order valence-corrected chi connectivity index (χ3v) is 6.92. The van der Waals surface area contributed by atoms with Crippen LogP contribution in [0.4, 0.5) is 10.5 Å². The molecule has 4 aromatic rings. The Morgan fingerprint density at radius 3 is 2.49 bits per heavy atom. The average molecular weight is 509 g/mol. The van der Waals surface area contributed by atoms with Gasteiger partial charge in [0.25, 0.3) is 11.1 Å². The molecule has 0 radical (unpaired) electrons. The molecule has 0 atom stereocenters. The van der Waals surface area contributed by atoms with Gasteiger partial charge in [-0.15, -0.1) is 0 Å². The number of fused-ring (bicyclic) bond motifs is 1. The summed E-state index contributed by atoms with van der Waals surface area (Å²) in [5.74, 6) is -0.337.